The number of aliphatic carboxylic acids is 1. The van der Waals surface area contributed by atoms with Crippen molar-refractivity contribution in [3.8, 4) is 0 Å². The number of ether oxygens (including phenoxy) is 1. The van der Waals surface area contributed by atoms with Crippen LogP contribution in [0.15, 0.2) is 0 Å². The zero-order chi connectivity index (χ0) is 14.6. The summed E-state index contributed by atoms with van der Waals surface area (Å²) in [6.45, 7) is 3.44. The average Bonchev–Trinajstić information content (AvgIpc) is 2.89. The van der Waals surface area contributed by atoms with Crippen molar-refractivity contribution in [2.75, 3.05) is 13.2 Å². The van der Waals surface area contributed by atoms with Crippen LogP contribution in [0.2, 0.25) is 0 Å². The van der Waals surface area contributed by atoms with Gasteiger partial charge in [0.2, 0.25) is 0 Å². The normalized spacial score (nSPS) is 24.1. The molecule has 2 fully saturated rings. The van der Waals surface area contributed by atoms with E-state index in [9.17, 15) is 14.7 Å². The molecule has 1 atom stereocenters. The summed E-state index contributed by atoms with van der Waals surface area (Å²) in [4.78, 5) is 23.4. The molecule has 6 heteroatoms. The van der Waals surface area contributed by atoms with Crippen LogP contribution in [0.5, 0.6) is 0 Å². The smallest absolute Gasteiger partial charge is 0.329 e. The first-order chi connectivity index (χ1) is 9.53. The van der Waals surface area contributed by atoms with Gasteiger partial charge in [-0.2, -0.15) is 0 Å². The van der Waals surface area contributed by atoms with Crippen molar-refractivity contribution in [3.05, 3.63) is 0 Å². The Kier molecular flexibility index (Phi) is 4.86. The number of amides is 2. The first-order valence-electron chi connectivity index (χ1n) is 7.43. The maximum absolute atomic E-state index is 12.0. The van der Waals surface area contributed by atoms with Gasteiger partial charge in [-0.3, -0.25) is 0 Å². The fraction of sp³-hybridized carbons (Fsp3) is 0.857. The minimum absolute atomic E-state index is 0.0335. The Morgan fingerprint density at radius 1 is 1.25 bits per heavy atom. The molecule has 20 heavy (non-hydrogen) atoms. The van der Waals surface area contributed by atoms with Crippen LogP contribution >= 0.6 is 0 Å². The second-order valence-corrected chi connectivity index (χ2v) is 5.93. The van der Waals surface area contributed by atoms with E-state index in [4.69, 9.17) is 4.74 Å². The van der Waals surface area contributed by atoms with E-state index in [0.717, 1.165) is 38.9 Å². The number of hydrogen-bond acceptors (Lipinski definition) is 3. The predicted molar refractivity (Wildman–Crippen MR) is 73.5 cm³/mol. The minimum atomic E-state index is -1.07. The molecule has 1 saturated carbocycles. The van der Waals surface area contributed by atoms with Crippen molar-refractivity contribution in [2.24, 2.45) is 5.92 Å². The summed E-state index contributed by atoms with van der Waals surface area (Å²) in [6.07, 6.45) is 4.60. The van der Waals surface area contributed by atoms with Crippen LogP contribution in [0.25, 0.3) is 0 Å². The molecule has 0 aromatic rings. The Labute approximate surface area is 119 Å². The summed E-state index contributed by atoms with van der Waals surface area (Å²) in [6, 6.07) is -0.334. The minimum Gasteiger partial charge on any atom is -0.480 e. The van der Waals surface area contributed by atoms with E-state index in [-0.39, 0.29) is 12.1 Å². The fourth-order valence-corrected chi connectivity index (χ4v) is 3.16. The maximum Gasteiger partial charge on any atom is 0.329 e. The highest BCUT2D eigenvalue weighted by molar-refractivity contribution is 5.86. The van der Waals surface area contributed by atoms with Crippen molar-refractivity contribution < 1.29 is 19.4 Å². The SMILES string of the molecule is CC(NC(=O)NC1(C(=O)O)CCCC1)C1CCOCC1. The molecule has 0 radical (unpaired) electrons. The van der Waals surface area contributed by atoms with Gasteiger partial charge < -0.3 is 20.5 Å². The van der Waals surface area contributed by atoms with Gasteiger partial charge in [0.15, 0.2) is 0 Å². The molecule has 0 bridgehead atoms. The third kappa shape index (κ3) is 3.42. The van der Waals surface area contributed by atoms with E-state index in [1.807, 2.05) is 6.92 Å². The molecule has 3 N–H and O–H groups in total. The summed E-state index contributed by atoms with van der Waals surface area (Å²) in [5, 5.41) is 14.9. The molecule has 2 amide bonds. The quantitative estimate of drug-likeness (QED) is 0.730. The molecule has 1 unspecified atom stereocenters. The highest BCUT2D eigenvalue weighted by Gasteiger charge is 2.42. The summed E-state index contributed by atoms with van der Waals surface area (Å²) >= 11 is 0. The highest BCUT2D eigenvalue weighted by Crippen LogP contribution is 2.30. The third-order valence-corrected chi connectivity index (χ3v) is 4.55. The Morgan fingerprint density at radius 3 is 2.40 bits per heavy atom. The van der Waals surface area contributed by atoms with Crippen LogP contribution in [-0.4, -0.2) is 41.9 Å². The first-order valence-corrected chi connectivity index (χ1v) is 7.43. The van der Waals surface area contributed by atoms with Crippen molar-refractivity contribution in [1.29, 1.82) is 0 Å². The lowest BCUT2D eigenvalue weighted by atomic mass is 9.93. The first kappa shape index (κ1) is 15.1. The topological polar surface area (TPSA) is 87.7 Å². The van der Waals surface area contributed by atoms with Crippen LogP contribution in [0.3, 0.4) is 0 Å². The number of nitrogens with one attached hydrogen (secondary N) is 2. The molecule has 1 heterocycles. The van der Waals surface area contributed by atoms with Gasteiger partial charge in [-0.1, -0.05) is 12.8 Å². The highest BCUT2D eigenvalue weighted by atomic mass is 16.5. The van der Waals surface area contributed by atoms with Crippen LogP contribution in [0.1, 0.15) is 45.4 Å². The molecule has 1 aliphatic heterocycles. The van der Waals surface area contributed by atoms with Crippen LogP contribution in [-0.2, 0) is 9.53 Å². The van der Waals surface area contributed by atoms with E-state index < -0.39 is 11.5 Å². The fourth-order valence-electron chi connectivity index (χ4n) is 3.16. The zero-order valence-electron chi connectivity index (χ0n) is 12.0. The van der Waals surface area contributed by atoms with Gasteiger partial charge in [0.1, 0.15) is 5.54 Å². The lowest BCUT2D eigenvalue weighted by Gasteiger charge is -2.30. The largest absolute Gasteiger partial charge is 0.480 e. The molecule has 0 aromatic heterocycles. The van der Waals surface area contributed by atoms with Crippen molar-refractivity contribution in [2.45, 2.75) is 57.0 Å². The summed E-state index contributed by atoms with van der Waals surface area (Å²) in [5.74, 6) is -0.525. The molecule has 2 aliphatic rings. The van der Waals surface area contributed by atoms with E-state index >= 15 is 0 Å². The molecule has 0 aromatic carbocycles. The van der Waals surface area contributed by atoms with E-state index in [0.29, 0.717) is 18.8 Å². The van der Waals surface area contributed by atoms with Gasteiger partial charge in [-0.25, -0.2) is 9.59 Å². The molecule has 114 valence electrons. The standard InChI is InChI=1S/C14H24N2O4/c1-10(11-4-8-20-9-5-11)15-13(19)16-14(12(17)18)6-2-3-7-14/h10-11H,2-9H2,1H3,(H,17,18)(H2,15,16,19). The monoisotopic (exact) mass is 284 g/mol. The Balaban J connectivity index is 1.86. The number of rotatable bonds is 4. The van der Waals surface area contributed by atoms with Crippen LogP contribution < -0.4 is 10.6 Å². The number of urea groups is 1. The maximum atomic E-state index is 12.0. The number of carboxylic acids is 1. The summed E-state index contributed by atoms with van der Waals surface area (Å²) < 4.78 is 5.30. The van der Waals surface area contributed by atoms with Crippen molar-refractivity contribution in [1.82, 2.24) is 10.6 Å². The van der Waals surface area contributed by atoms with Gasteiger partial charge in [-0.05, 0) is 38.5 Å². The molecule has 6 nitrogen and oxygen atoms in total. The van der Waals surface area contributed by atoms with Crippen molar-refractivity contribution in [3.63, 3.8) is 0 Å². The lowest BCUT2D eigenvalue weighted by molar-refractivity contribution is -0.144. The number of carbonyl (C=O) groups is 2. The molecule has 0 spiro atoms. The van der Waals surface area contributed by atoms with Crippen molar-refractivity contribution >= 4 is 12.0 Å². The summed E-state index contributed by atoms with van der Waals surface area (Å²) in [7, 11) is 0. The summed E-state index contributed by atoms with van der Waals surface area (Å²) in [5.41, 5.74) is -1.07. The lowest BCUT2D eigenvalue weighted by Crippen LogP contribution is -2.57. The molecule has 1 aliphatic carbocycles. The van der Waals surface area contributed by atoms with E-state index in [2.05, 4.69) is 10.6 Å². The van der Waals surface area contributed by atoms with Gasteiger partial charge in [0.05, 0.1) is 0 Å². The molecular weight excluding hydrogens is 260 g/mol. The molecule has 1 saturated heterocycles. The Hall–Kier alpha value is -1.30. The van der Waals surface area contributed by atoms with Gasteiger partial charge in [0, 0.05) is 19.3 Å². The Bertz CT molecular complexity index is 360. The zero-order valence-corrected chi connectivity index (χ0v) is 12.0. The second-order valence-electron chi connectivity index (χ2n) is 5.93. The number of carbonyl (C=O) groups excluding carboxylic acids is 1. The number of hydrogen-bond donors (Lipinski definition) is 3. The second kappa shape index (κ2) is 6.43. The average molecular weight is 284 g/mol. The van der Waals surface area contributed by atoms with Gasteiger partial charge in [-0.15, -0.1) is 0 Å². The molecule has 2 rings (SSSR count). The predicted octanol–water partition coefficient (Wildman–Crippen LogP) is 1.50. The van der Waals surface area contributed by atoms with E-state index in [1.165, 1.54) is 0 Å². The van der Waals surface area contributed by atoms with Gasteiger partial charge >= 0.3 is 12.0 Å². The Morgan fingerprint density at radius 2 is 1.85 bits per heavy atom. The number of carboxylic acid groups (broad SMARTS) is 1. The van der Waals surface area contributed by atoms with Gasteiger partial charge in [0.25, 0.3) is 0 Å². The van der Waals surface area contributed by atoms with Crippen LogP contribution in [0.4, 0.5) is 4.79 Å². The third-order valence-electron chi connectivity index (χ3n) is 4.55. The molecular formula is C14H24N2O4. The van der Waals surface area contributed by atoms with E-state index in [1.54, 1.807) is 0 Å². The van der Waals surface area contributed by atoms with Crippen LogP contribution in [0, 0.1) is 5.92 Å².